The third kappa shape index (κ3) is 9.41. The Balaban J connectivity index is 0.809. The van der Waals surface area contributed by atoms with Crippen molar-refractivity contribution in [2.75, 3.05) is 13.1 Å². The molecule has 4 aromatic carbocycles. The van der Waals surface area contributed by atoms with Crippen LogP contribution in [0.2, 0.25) is 0 Å². The number of ether oxygens (including phenoxy) is 2. The zero-order valence-corrected chi connectivity index (χ0v) is 33.6. The highest BCUT2D eigenvalue weighted by molar-refractivity contribution is 6.02. The van der Waals surface area contributed by atoms with Gasteiger partial charge in [0.05, 0.1) is 13.1 Å². The number of esters is 2. The van der Waals surface area contributed by atoms with Gasteiger partial charge in [-0.1, -0.05) is 72.8 Å². The fraction of sp³-hybridized carbons (Fsp3) is 0.217. The van der Waals surface area contributed by atoms with Gasteiger partial charge in [-0.15, -0.1) is 0 Å². The molecule has 6 N–H and O–H groups in total. The standard InChI is InChI=1S/C46H44N8O8/c47-39(19-33-21-49-37-13-11-31(17-35(33)37)23-51-27-41(55)53(45(51)59)25-29-7-3-1-4-8-29)61-43(57)15-16-44(58)62-40(48)20-34-22-50-38-14-12-32(18-36(34)38)24-52-28-42(56)54(46(52)60)26-30-9-5-2-6-10-30/h1-18,21-22,39-40,49-50H,19-20,23-28,47-48H2/b16-15-. The van der Waals surface area contributed by atoms with Gasteiger partial charge in [0.1, 0.15) is 13.1 Å². The van der Waals surface area contributed by atoms with Crippen LogP contribution >= 0.6 is 0 Å². The van der Waals surface area contributed by atoms with Crippen molar-refractivity contribution in [1.82, 2.24) is 29.6 Å². The summed E-state index contributed by atoms with van der Waals surface area (Å²) >= 11 is 0. The quantitative estimate of drug-likeness (QED) is 0.0461. The first-order chi connectivity index (χ1) is 30.0. The van der Waals surface area contributed by atoms with Gasteiger partial charge in [0.25, 0.3) is 11.8 Å². The van der Waals surface area contributed by atoms with Crippen molar-refractivity contribution in [1.29, 1.82) is 0 Å². The Kier molecular flexibility index (Phi) is 11.9. The first-order valence-corrected chi connectivity index (χ1v) is 20.0. The van der Waals surface area contributed by atoms with E-state index in [1.54, 1.807) is 12.4 Å². The Morgan fingerprint density at radius 3 is 1.37 bits per heavy atom. The molecule has 16 nitrogen and oxygen atoms in total. The van der Waals surface area contributed by atoms with Crippen LogP contribution in [0.4, 0.5) is 9.59 Å². The van der Waals surface area contributed by atoms with Crippen molar-refractivity contribution in [2.45, 2.75) is 51.5 Å². The van der Waals surface area contributed by atoms with Crippen molar-refractivity contribution in [3.63, 3.8) is 0 Å². The number of imide groups is 2. The summed E-state index contributed by atoms with van der Waals surface area (Å²) in [6.45, 7) is 0.828. The normalized spacial score (nSPS) is 15.5. The minimum atomic E-state index is -1.05. The van der Waals surface area contributed by atoms with Gasteiger partial charge < -0.3 is 29.2 Å². The fourth-order valence-corrected chi connectivity index (χ4v) is 7.73. The Labute approximate surface area is 355 Å². The molecule has 6 amide bonds. The average Bonchev–Trinajstić information content (AvgIpc) is 3.99. The SMILES string of the molecule is NC(Cc1c[nH]c2ccc(CN3CC(=O)N(Cc4ccccc4)C3=O)cc12)OC(=O)/C=C\C(=O)OC(N)Cc1c[nH]c2ccc(CN3CC(=O)N(Cc4ccccc4)C3=O)cc12. The number of hydrogen-bond acceptors (Lipinski definition) is 10. The van der Waals surface area contributed by atoms with Gasteiger partial charge in [0, 0.05) is 72.3 Å². The zero-order valence-electron chi connectivity index (χ0n) is 33.6. The summed E-state index contributed by atoms with van der Waals surface area (Å²) in [5, 5.41) is 1.63. The summed E-state index contributed by atoms with van der Waals surface area (Å²) in [4.78, 5) is 88.8. The molecule has 2 saturated heterocycles. The molecule has 6 aromatic rings. The van der Waals surface area contributed by atoms with Gasteiger partial charge in [0.2, 0.25) is 0 Å². The largest absolute Gasteiger partial charge is 0.443 e. The molecule has 2 aliphatic heterocycles. The van der Waals surface area contributed by atoms with E-state index < -0.39 is 24.4 Å². The van der Waals surface area contributed by atoms with E-state index in [0.717, 1.165) is 67.3 Å². The molecule has 4 heterocycles. The lowest BCUT2D eigenvalue weighted by Crippen LogP contribution is -2.32. The number of nitrogens with one attached hydrogen (secondary N) is 2. The Hall–Kier alpha value is -7.56. The van der Waals surface area contributed by atoms with Crippen LogP contribution in [0.3, 0.4) is 0 Å². The third-order valence-corrected chi connectivity index (χ3v) is 10.8. The summed E-state index contributed by atoms with van der Waals surface area (Å²) in [7, 11) is 0. The molecule has 2 aromatic heterocycles. The number of nitrogens with two attached hydrogens (primary N) is 2. The molecule has 16 heteroatoms. The molecule has 2 atom stereocenters. The molecule has 0 radical (unpaired) electrons. The number of H-pyrrole nitrogens is 2. The molecule has 0 spiro atoms. The van der Waals surface area contributed by atoms with Gasteiger partial charge in [-0.2, -0.15) is 0 Å². The molecule has 8 rings (SSSR count). The van der Waals surface area contributed by atoms with Crippen LogP contribution in [-0.2, 0) is 67.7 Å². The second-order valence-electron chi connectivity index (χ2n) is 15.3. The third-order valence-electron chi connectivity index (χ3n) is 10.8. The summed E-state index contributed by atoms with van der Waals surface area (Å²) < 4.78 is 10.7. The fourth-order valence-electron chi connectivity index (χ4n) is 7.73. The van der Waals surface area contributed by atoms with Crippen LogP contribution in [0.5, 0.6) is 0 Å². The lowest BCUT2D eigenvalue weighted by molar-refractivity contribution is -0.145. The number of amides is 6. The predicted octanol–water partition coefficient (Wildman–Crippen LogP) is 4.58. The second-order valence-corrected chi connectivity index (χ2v) is 15.3. The van der Waals surface area contributed by atoms with Crippen LogP contribution in [0.1, 0.15) is 33.4 Å². The van der Waals surface area contributed by atoms with Crippen LogP contribution in [-0.4, -0.2) is 90.9 Å². The van der Waals surface area contributed by atoms with Gasteiger partial charge in [0.15, 0.2) is 12.5 Å². The van der Waals surface area contributed by atoms with E-state index in [-0.39, 0.29) is 76.0 Å². The molecule has 0 bridgehead atoms. The van der Waals surface area contributed by atoms with Gasteiger partial charge in [-0.25, -0.2) is 19.2 Å². The van der Waals surface area contributed by atoms with E-state index in [4.69, 9.17) is 20.9 Å². The number of fused-ring (bicyclic) bond motifs is 2. The molecular formula is C46H44N8O8. The van der Waals surface area contributed by atoms with E-state index >= 15 is 0 Å². The lowest BCUT2D eigenvalue weighted by Gasteiger charge is -2.17. The van der Waals surface area contributed by atoms with E-state index in [1.807, 2.05) is 97.1 Å². The Bertz CT molecular complexity index is 2510. The number of carbonyl (C=O) groups excluding carboxylic acids is 6. The van der Waals surface area contributed by atoms with Gasteiger partial charge in [-0.3, -0.25) is 30.9 Å². The summed E-state index contributed by atoms with van der Waals surface area (Å²) in [6.07, 6.45) is 3.54. The van der Waals surface area contributed by atoms with E-state index in [0.29, 0.717) is 0 Å². The highest BCUT2D eigenvalue weighted by Crippen LogP contribution is 2.26. The second kappa shape index (κ2) is 18.0. The monoisotopic (exact) mass is 836 g/mol. The Morgan fingerprint density at radius 1 is 0.565 bits per heavy atom. The topological polar surface area (TPSA) is 217 Å². The van der Waals surface area contributed by atoms with Crippen molar-refractivity contribution >= 4 is 57.6 Å². The number of nitrogens with zero attached hydrogens (tertiary/aromatic N) is 4. The van der Waals surface area contributed by atoms with Crippen LogP contribution in [0.25, 0.3) is 21.8 Å². The van der Waals surface area contributed by atoms with Crippen molar-refractivity contribution in [3.05, 3.63) is 155 Å². The number of carbonyl (C=O) groups is 6. The average molecular weight is 837 g/mol. The summed E-state index contributed by atoms with van der Waals surface area (Å²) in [5.41, 5.74) is 18.9. The number of benzene rings is 4. The smallest absolute Gasteiger partial charge is 0.332 e. The highest BCUT2D eigenvalue weighted by atomic mass is 16.6. The molecule has 0 aliphatic carbocycles. The number of aromatic nitrogens is 2. The molecule has 2 aliphatic rings. The predicted molar refractivity (Wildman–Crippen MR) is 227 cm³/mol. The van der Waals surface area contributed by atoms with Crippen molar-refractivity contribution < 1.29 is 38.2 Å². The van der Waals surface area contributed by atoms with Crippen molar-refractivity contribution in [3.8, 4) is 0 Å². The molecule has 316 valence electrons. The zero-order chi connectivity index (χ0) is 43.3. The maximum absolute atomic E-state index is 13.1. The molecular weight excluding hydrogens is 793 g/mol. The van der Waals surface area contributed by atoms with Crippen LogP contribution in [0.15, 0.2) is 122 Å². The number of rotatable bonds is 16. The minimum Gasteiger partial charge on any atom is -0.443 e. The molecule has 2 fully saturated rings. The summed E-state index contributed by atoms with van der Waals surface area (Å²) in [5.74, 6) is -2.23. The van der Waals surface area contributed by atoms with E-state index in [9.17, 15) is 28.8 Å². The first kappa shape index (κ1) is 41.2. The first-order valence-electron chi connectivity index (χ1n) is 20.0. The maximum Gasteiger partial charge on any atom is 0.332 e. The van der Waals surface area contributed by atoms with Crippen LogP contribution in [0, 0.1) is 0 Å². The maximum atomic E-state index is 13.1. The van der Waals surface area contributed by atoms with E-state index in [1.165, 1.54) is 19.6 Å². The lowest BCUT2D eigenvalue weighted by atomic mass is 10.1. The highest BCUT2D eigenvalue weighted by Gasteiger charge is 2.37. The molecule has 2 unspecified atom stereocenters. The molecule has 62 heavy (non-hydrogen) atoms. The Morgan fingerprint density at radius 2 is 0.968 bits per heavy atom. The number of hydrogen-bond donors (Lipinski definition) is 4. The van der Waals surface area contributed by atoms with Crippen LogP contribution < -0.4 is 11.5 Å². The van der Waals surface area contributed by atoms with Crippen molar-refractivity contribution in [2.24, 2.45) is 11.5 Å². The summed E-state index contributed by atoms with van der Waals surface area (Å²) in [6, 6.07) is 29.3. The molecule has 0 saturated carbocycles. The minimum absolute atomic E-state index is 0.0201. The van der Waals surface area contributed by atoms with Gasteiger partial charge in [-0.05, 0) is 57.6 Å². The van der Waals surface area contributed by atoms with Gasteiger partial charge >= 0.3 is 24.0 Å². The number of urea groups is 2. The van der Waals surface area contributed by atoms with E-state index in [2.05, 4.69) is 9.97 Å². The number of aromatic amines is 2.